The van der Waals surface area contributed by atoms with Gasteiger partial charge in [0.1, 0.15) is 0 Å². The number of benzene rings is 2. The van der Waals surface area contributed by atoms with Gasteiger partial charge in [0, 0.05) is 17.3 Å². The molecule has 2 aromatic rings. The maximum Gasteiger partial charge on any atom is 0.387 e. The zero-order valence-electron chi connectivity index (χ0n) is 13.4. The van der Waals surface area contributed by atoms with E-state index in [9.17, 15) is 13.6 Å². The van der Waals surface area contributed by atoms with Gasteiger partial charge in [-0.1, -0.05) is 23.7 Å². The smallest absolute Gasteiger partial charge is 0.387 e. The Kier molecular flexibility index (Phi) is 6.82. The molecular weight excluding hydrogens is 354 g/mol. The molecule has 5 nitrogen and oxygen atoms in total. The molecule has 0 aromatic heterocycles. The summed E-state index contributed by atoms with van der Waals surface area (Å²) >= 11 is 5.84. The number of anilines is 1. The van der Waals surface area contributed by atoms with Gasteiger partial charge in [0.05, 0.1) is 7.11 Å². The van der Waals surface area contributed by atoms with Gasteiger partial charge in [-0.05, 0) is 42.3 Å². The summed E-state index contributed by atoms with van der Waals surface area (Å²) in [6.07, 6.45) is 0.494. The van der Waals surface area contributed by atoms with E-state index in [0.29, 0.717) is 23.7 Å². The average molecular weight is 371 g/mol. The molecule has 8 heteroatoms. The van der Waals surface area contributed by atoms with Gasteiger partial charge in [0.15, 0.2) is 11.5 Å². The number of alkyl halides is 2. The van der Waals surface area contributed by atoms with Crippen molar-refractivity contribution in [2.45, 2.75) is 13.0 Å². The number of amides is 2. The van der Waals surface area contributed by atoms with Crippen LogP contribution in [0.15, 0.2) is 42.5 Å². The monoisotopic (exact) mass is 370 g/mol. The molecule has 0 atom stereocenters. The third-order valence-corrected chi connectivity index (χ3v) is 3.46. The summed E-state index contributed by atoms with van der Waals surface area (Å²) in [6.45, 7) is -2.57. The Morgan fingerprint density at radius 3 is 2.68 bits per heavy atom. The van der Waals surface area contributed by atoms with E-state index in [2.05, 4.69) is 15.4 Å². The van der Waals surface area contributed by atoms with Gasteiger partial charge in [-0.15, -0.1) is 0 Å². The molecule has 0 fully saturated rings. The van der Waals surface area contributed by atoms with Crippen molar-refractivity contribution in [3.05, 3.63) is 53.1 Å². The van der Waals surface area contributed by atoms with Gasteiger partial charge >= 0.3 is 12.6 Å². The van der Waals surface area contributed by atoms with Crippen LogP contribution in [0.2, 0.25) is 5.02 Å². The van der Waals surface area contributed by atoms with E-state index >= 15 is 0 Å². The molecule has 0 aliphatic carbocycles. The number of methoxy groups -OCH3 is 1. The van der Waals surface area contributed by atoms with E-state index in [-0.39, 0.29) is 17.5 Å². The predicted molar refractivity (Wildman–Crippen MR) is 91.8 cm³/mol. The number of carbonyl (C=O) groups is 1. The molecule has 0 unspecified atom stereocenters. The average Bonchev–Trinajstić information content (AvgIpc) is 2.55. The van der Waals surface area contributed by atoms with Crippen LogP contribution in [0.25, 0.3) is 0 Å². The summed E-state index contributed by atoms with van der Waals surface area (Å²) < 4.78 is 34.0. The molecular formula is C17H17ClF2N2O3. The molecule has 0 bridgehead atoms. The Morgan fingerprint density at radius 2 is 2.00 bits per heavy atom. The summed E-state index contributed by atoms with van der Waals surface area (Å²) in [4.78, 5) is 11.8. The van der Waals surface area contributed by atoms with Crippen molar-refractivity contribution >= 4 is 23.3 Å². The lowest BCUT2D eigenvalue weighted by molar-refractivity contribution is -0.0512. The lowest BCUT2D eigenvalue weighted by Gasteiger charge is -2.12. The standard InChI is InChI=1S/C17H17ClF2N2O3/c1-24-15-9-11(5-6-14(15)25-16(19)20)7-8-21-17(23)22-13-4-2-3-12(18)10-13/h2-6,9-10,16H,7-8H2,1H3,(H2,21,22,23). The van der Waals surface area contributed by atoms with Crippen LogP contribution in [0.3, 0.4) is 0 Å². The maximum absolute atomic E-state index is 12.3. The largest absolute Gasteiger partial charge is 0.493 e. The number of nitrogens with one attached hydrogen (secondary N) is 2. The zero-order chi connectivity index (χ0) is 18.2. The Morgan fingerprint density at radius 1 is 1.20 bits per heavy atom. The first-order valence-electron chi connectivity index (χ1n) is 7.40. The van der Waals surface area contributed by atoms with Crippen molar-refractivity contribution in [1.29, 1.82) is 0 Å². The van der Waals surface area contributed by atoms with Crippen LogP contribution in [0.5, 0.6) is 11.5 Å². The summed E-state index contributed by atoms with van der Waals surface area (Å²) in [5, 5.41) is 5.88. The number of ether oxygens (including phenoxy) is 2. The van der Waals surface area contributed by atoms with Gasteiger partial charge in [-0.2, -0.15) is 8.78 Å². The molecule has 0 saturated heterocycles. The van der Waals surface area contributed by atoms with Crippen molar-refractivity contribution in [3.63, 3.8) is 0 Å². The van der Waals surface area contributed by atoms with Gasteiger partial charge in [0.2, 0.25) is 0 Å². The third-order valence-electron chi connectivity index (χ3n) is 3.23. The number of halogens is 3. The second kappa shape index (κ2) is 9.08. The number of hydrogen-bond acceptors (Lipinski definition) is 3. The van der Waals surface area contributed by atoms with Crippen LogP contribution < -0.4 is 20.1 Å². The van der Waals surface area contributed by atoms with E-state index < -0.39 is 6.61 Å². The van der Waals surface area contributed by atoms with Crippen LogP contribution in [0.4, 0.5) is 19.3 Å². The Labute approximate surface area is 148 Å². The number of rotatable bonds is 7. The Balaban J connectivity index is 1.85. The minimum Gasteiger partial charge on any atom is -0.493 e. The molecule has 25 heavy (non-hydrogen) atoms. The van der Waals surface area contributed by atoms with Gasteiger partial charge in [0.25, 0.3) is 0 Å². The molecule has 0 spiro atoms. The Bertz CT molecular complexity index is 729. The third kappa shape index (κ3) is 6.11. The van der Waals surface area contributed by atoms with E-state index in [1.54, 1.807) is 36.4 Å². The first kappa shape index (κ1) is 18.8. The molecule has 2 aromatic carbocycles. The molecule has 0 heterocycles. The van der Waals surface area contributed by atoms with Crippen LogP contribution in [-0.2, 0) is 6.42 Å². The number of carbonyl (C=O) groups excluding carboxylic acids is 1. The van der Waals surface area contributed by atoms with Crippen molar-refractivity contribution in [3.8, 4) is 11.5 Å². The molecule has 0 aliphatic heterocycles. The zero-order valence-corrected chi connectivity index (χ0v) is 14.1. The summed E-state index contributed by atoms with van der Waals surface area (Å²) in [5.41, 5.74) is 1.39. The molecule has 0 saturated carbocycles. The first-order valence-corrected chi connectivity index (χ1v) is 7.78. The SMILES string of the molecule is COc1cc(CCNC(=O)Nc2cccc(Cl)c2)ccc1OC(F)F. The first-order chi connectivity index (χ1) is 12.0. The van der Waals surface area contributed by atoms with E-state index in [0.717, 1.165) is 5.56 Å². The predicted octanol–water partition coefficient (Wildman–Crippen LogP) is 4.31. The fourth-order valence-corrected chi connectivity index (χ4v) is 2.31. The van der Waals surface area contributed by atoms with Crippen molar-refractivity contribution in [2.24, 2.45) is 0 Å². The topological polar surface area (TPSA) is 59.6 Å². The fraction of sp³-hybridized carbons (Fsp3) is 0.235. The molecule has 0 aliphatic rings. The van der Waals surface area contributed by atoms with Crippen molar-refractivity contribution in [1.82, 2.24) is 5.32 Å². The number of hydrogen-bond donors (Lipinski definition) is 2. The summed E-state index contributed by atoms with van der Waals surface area (Å²) in [5.74, 6) is 0.175. The Hall–Kier alpha value is -2.54. The van der Waals surface area contributed by atoms with Crippen LogP contribution >= 0.6 is 11.6 Å². The molecule has 134 valence electrons. The normalized spacial score (nSPS) is 10.4. The second-order valence-corrected chi connectivity index (χ2v) is 5.44. The number of urea groups is 1. The molecule has 2 amide bonds. The lowest BCUT2D eigenvalue weighted by atomic mass is 10.1. The van der Waals surface area contributed by atoms with Crippen LogP contribution in [-0.4, -0.2) is 26.3 Å². The quantitative estimate of drug-likeness (QED) is 0.763. The van der Waals surface area contributed by atoms with Gasteiger partial charge in [-0.25, -0.2) is 4.79 Å². The molecule has 2 rings (SSSR count). The highest BCUT2D eigenvalue weighted by atomic mass is 35.5. The van der Waals surface area contributed by atoms with Gasteiger partial charge in [-0.3, -0.25) is 0 Å². The highest BCUT2D eigenvalue weighted by Gasteiger charge is 2.11. The van der Waals surface area contributed by atoms with Gasteiger partial charge < -0.3 is 20.1 Å². The second-order valence-electron chi connectivity index (χ2n) is 5.00. The van der Waals surface area contributed by atoms with Crippen LogP contribution in [0, 0.1) is 0 Å². The van der Waals surface area contributed by atoms with Crippen LogP contribution in [0.1, 0.15) is 5.56 Å². The highest BCUT2D eigenvalue weighted by Crippen LogP contribution is 2.29. The highest BCUT2D eigenvalue weighted by molar-refractivity contribution is 6.30. The molecule has 0 radical (unpaired) electrons. The maximum atomic E-state index is 12.3. The summed E-state index contributed by atoms with van der Waals surface area (Å²) in [7, 11) is 1.37. The van der Waals surface area contributed by atoms with E-state index in [1.807, 2.05) is 0 Å². The fourth-order valence-electron chi connectivity index (χ4n) is 2.12. The minimum absolute atomic E-state index is 0.0343. The van der Waals surface area contributed by atoms with Crippen molar-refractivity contribution in [2.75, 3.05) is 19.0 Å². The lowest BCUT2D eigenvalue weighted by Crippen LogP contribution is -2.30. The van der Waals surface area contributed by atoms with E-state index in [1.165, 1.54) is 13.2 Å². The minimum atomic E-state index is -2.92. The van der Waals surface area contributed by atoms with E-state index in [4.69, 9.17) is 16.3 Å². The molecule has 2 N–H and O–H groups in total. The summed E-state index contributed by atoms with van der Waals surface area (Å²) in [6, 6.07) is 11.1. The van der Waals surface area contributed by atoms with Crippen molar-refractivity contribution < 1.29 is 23.0 Å².